The second kappa shape index (κ2) is 4.12. The Morgan fingerprint density at radius 2 is 1.69 bits per heavy atom. The van der Waals surface area contributed by atoms with Crippen molar-refractivity contribution in [2.24, 2.45) is 5.92 Å². The third kappa shape index (κ3) is 2.23. The molecule has 1 saturated heterocycles. The Morgan fingerprint density at radius 1 is 1.23 bits per heavy atom. The lowest BCUT2D eigenvalue weighted by Crippen LogP contribution is -2.49. The summed E-state index contributed by atoms with van der Waals surface area (Å²) in [7, 11) is 0. The van der Waals surface area contributed by atoms with Gasteiger partial charge in [-0.3, -0.25) is 4.79 Å². The number of amides is 1. The van der Waals surface area contributed by atoms with Crippen LogP contribution in [0.2, 0.25) is 0 Å². The molecule has 13 heavy (non-hydrogen) atoms. The second-order valence-electron chi connectivity index (χ2n) is 4.53. The lowest BCUT2D eigenvalue weighted by molar-refractivity contribution is -0.140. The summed E-state index contributed by atoms with van der Waals surface area (Å²) in [5.41, 5.74) is 0. The molecular formula is C11H21NO. The average Bonchev–Trinajstić information content (AvgIpc) is 2.03. The molecule has 0 saturated carbocycles. The van der Waals surface area contributed by atoms with Gasteiger partial charge in [-0.05, 0) is 33.1 Å². The first kappa shape index (κ1) is 10.6. The fourth-order valence-corrected chi connectivity index (χ4v) is 2.15. The van der Waals surface area contributed by atoms with E-state index in [0.29, 0.717) is 18.0 Å². The van der Waals surface area contributed by atoms with E-state index >= 15 is 0 Å². The molecule has 0 unspecified atom stereocenters. The maximum atomic E-state index is 11.8. The topological polar surface area (TPSA) is 20.3 Å². The van der Waals surface area contributed by atoms with Crippen molar-refractivity contribution in [1.82, 2.24) is 4.90 Å². The summed E-state index contributed by atoms with van der Waals surface area (Å²) in [4.78, 5) is 13.9. The number of piperidine rings is 1. The van der Waals surface area contributed by atoms with Crippen molar-refractivity contribution in [1.29, 1.82) is 0 Å². The number of hydrogen-bond donors (Lipinski definition) is 0. The van der Waals surface area contributed by atoms with Crippen LogP contribution in [0.25, 0.3) is 0 Å². The molecule has 0 aromatic carbocycles. The normalized spacial score (nSPS) is 29.5. The summed E-state index contributed by atoms with van der Waals surface area (Å²) in [6.45, 7) is 8.29. The van der Waals surface area contributed by atoms with Gasteiger partial charge in [0.15, 0.2) is 0 Å². The van der Waals surface area contributed by atoms with Gasteiger partial charge in [0.05, 0.1) is 0 Å². The highest BCUT2D eigenvalue weighted by Crippen LogP contribution is 2.24. The largest absolute Gasteiger partial charge is 0.337 e. The highest BCUT2D eigenvalue weighted by atomic mass is 16.2. The molecular weight excluding hydrogens is 162 g/mol. The van der Waals surface area contributed by atoms with Gasteiger partial charge in [-0.25, -0.2) is 0 Å². The van der Waals surface area contributed by atoms with Crippen molar-refractivity contribution >= 4 is 5.91 Å². The first-order chi connectivity index (χ1) is 6.04. The van der Waals surface area contributed by atoms with Crippen molar-refractivity contribution in [3.63, 3.8) is 0 Å². The van der Waals surface area contributed by atoms with E-state index in [9.17, 15) is 4.79 Å². The molecule has 1 aliphatic heterocycles. The summed E-state index contributed by atoms with van der Waals surface area (Å²) in [6.07, 6.45) is 3.61. The average molecular weight is 183 g/mol. The van der Waals surface area contributed by atoms with E-state index in [1.165, 1.54) is 19.3 Å². The van der Waals surface area contributed by atoms with E-state index in [2.05, 4.69) is 18.7 Å². The van der Waals surface area contributed by atoms with Crippen LogP contribution in [0.3, 0.4) is 0 Å². The smallest absolute Gasteiger partial charge is 0.225 e. The van der Waals surface area contributed by atoms with Crippen LogP contribution in [-0.2, 0) is 4.79 Å². The standard InChI is InChI=1S/C11H21NO/c1-8(2)11(13)12-9(3)6-5-7-10(12)4/h8-10H,5-7H2,1-4H3/t9-,10-/m1/s1. The van der Waals surface area contributed by atoms with Gasteiger partial charge >= 0.3 is 0 Å². The van der Waals surface area contributed by atoms with E-state index < -0.39 is 0 Å². The predicted octanol–water partition coefficient (Wildman–Crippen LogP) is 2.43. The molecule has 0 bridgehead atoms. The van der Waals surface area contributed by atoms with Crippen LogP contribution in [-0.4, -0.2) is 22.9 Å². The number of likely N-dealkylation sites (tertiary alicyclic amines) is 1. The molecule has 1 rings (SSSR count). The van der Waals surface area contributed by atoms with Gasteiger partial charge in [-0.1, -0.05) is 13.8 Å². The third-order valence-corrected chi connectivity index (χ3v) is 2.94. The first-order valence-corrected chi connectivity index (χ1v) is 5.36. The molecule has 0 aliphatic carbocycles. The zero-order valence-corrected chi connectivity index (χ0v) is 9.21. The van der Waals surface area contributed by atoms with Crippen LogP contribution in [0.4, 0.5) is 0 Å². The number of nitrogens with zero attached hydrogens (tertiary/aromatic N) is 1. The Balaban J connectivity index is 2.68. The van der Waals surface area contributed by atoms with E-state index in [4.69, 9.17) is 0 Å². The summed E-state index contributed by atoms with van der Waals surface area (Å²) < 4.78 is 0. The van der Waals surface area contributed by atoms with Crippen LogP contribution in [0.5, 0.6) is 0 Å². The van der Waals surface area contributed by atoms with E-state index in [1.54, 1.807) is 0 Å². The first-order valence-electron chi connectivity index (χ1n) is 5.36. The molecule has 2 heteroatoms. The van der Waals surface area contributed by atoms with Gasteiger partial charge in [-0.2, -0.15) is 0 Å². The molecule has 2 atom stereocenters. The summed E-state index contributed by atoms with van der Waals surface area (Å²) in [6, 6.07) is 0.886. The maximum absolute atomic E-state index is 11.8. The summed E-state index contributed by atoms with van der Waals surface area (Å²) >= 11 is 0. The molecule has 1 heterocycles. The Kier molecular flexibility index (Phi) is 3.34. The summed E-state index contributed by atoms with van der Waals surface area (Å²) in [5.74, 6) is 0.461. The lowest BCUT2D eigenvalue weighted by Gasteiger charge is -2.40. The number of hydrogen-bond acceptors (Lipinski definition) is 1. The van der Waals surface area contributed by atoms with E-state index in [-0.39, 0.29) is 5.92 Å². The Labute approximate surface area is 81.3 Å². The minimum absolute atomic E-state index is 0.142. The molecule has 2 nitrogen and oxygen atoms in total. The van der Waals surface area contributed by atoms with Crippen molar-refractivity contribution < 1.29 is 4.79 Å². The SMILES string of the molecule is CC(C)C(=O)N1[C@H](C)CCC[C@H]1C. The molecule has 1 amide bonds. The highest BCUT2D eigenvalue weighted by molar-refractivity contribution is 5.78. The lowest BCUT2D eigenvalue weighted by atomic mass is 9.96. The van der Waals surface area contributed by atoms with Gasteiger partial charge in [-0.15, -0.1) is 0 Å². The molecule has 0 aromatic heterocycles. The van der Waals surface area contributed by atoms with Crippen LogP contribution < -0.4 is 0 Å². The molecule has 0 aromatic rings. The zero-order valence-electron chi connectivity index (χ0n) is 9.21. The van der Waals surface area contributed by atoms with Crippen molar-refractivity contribution in [3.05, 3.63) is 0 Å². The predicted molar refractivity (Wildman–Crippen MR) is 54.5 cm³/mol. The third-order valence-electron chi connectivity index (χ3n) is 2.94. The van der Waals surface area contributed by atoms with Crippen LogP contribution >= 0.6 is 0 Å². The monoisotopic (exact) mass is 183 g/mol. The number of carbonyl (C=O) groups is 1. The van der Waals surface area contributed by atoms with Crippen LogP contribution in [0.15, 0.2) is 0 Å². The van der Waals surface area contributed by atoms with Gasteiger partial charge in [0.25, 0.3) is 0 Å². The maximum Gasteiger partial charge on any atom is 0.225 e. The minimum Gasteiger partial charge on any atom is -0.337 e. The van der Waals surface area contributed by atoms with Gasteiger partial charge in [0.1, 0.15) is 0 Å². The van der Waals surface area contributed by atoms with Gasteiger partial charge in [0, 0.05) is 18.0 Å². The Hall–Kier alpha value is -0.530. The molecule has 0 radical (unpaired) electrons. The number of rotatable bonds is 1. The minimum atomic E-state index is 0.142. The molecule has 0 N–H and O–H groups in total. The molecule has 0 spiro atoms. The Morgan fingerprint density at radius 3 is 2.08 bits per heavy atom. The molecule has 1 aliphatic rings. The van der Waals surface area contributed by atoms with E-state index in [1.807, 2.05) is 13.8 Å². The molecule has 1 fully saturated rings. The fraction of sp³-hybridized carbons (Fsp3) is 0.909. The van der Waals surface area contributed by atoms with E-state index in [0.717, 1.165) is 0 Å². The number of carbonyl (C=O) groups excluding carboxylic acids is 1. The Bertz CT molecular complexity index is 179. The van der Waals surface area contributed by atoms with Crippen molar-refractivity contribution in [2.45, 2.75) is 59.0 Å². The van der Waals surface area contributed by atoms with Gasteiger partial charge < -0.3 is 4.90 Å². The summed E-state index contributed by atoms with van der Waals surface area (Å²) in [5, 5.41) is 0. The molecule has 76 valence electrons. The van der Waals surface area contributed by atoms with Crippen molar-refractivity contribution in [2.75, 3.05) is 0 Å². The van der Waals surface area contributed by atoms with Crippen molar-refractivity contribution in [3.8, 4) is 0 Å². The van der Waals surface area contributed by atoms with Crippen LogP contribution in [0.1, 0.15) is 47.0 Å². The van der Waals surface area contributed by atoms with Crippen LogP contribution in [0, 0.1) is 5.92 Å². The fourth-order valence-electron chi connectivity index (χ4n) is 2.15. The quantitative estimate of drug-likeness (QED) is 0.611. The highest BCUT2D eigenvalue weighted by Gasteiger charge is 2.29. The second-order valence-corrected chi connectivity index (χ2v) is 4.53. The zero-order chi connectivity index (χ0) is 10.0. The van der Waals surface area contributed by atoms with Gasteiger partial charge in [0.2, 0.25) is 5.91 Å².